The summed E-state index contributed by atoms with van der Waals surface area (Å²) >= 11 is 0. The summed E-state index contributed by atoms with van der Waals surface area (Å²) in [5, 5.41) is 13.4. The van der Waals surface area contributed by atoms with Gasteiger partial charge in [0.15, 0.2) is 0 Å². The van der Waals surface area contributed by atoms with Crippen molar-refractivity contribution in [3.63, 3.8) is 0 Å². The van der Waals surface area contributed by atoms with Crippen LogP contribution in [0.2, 0.25) is 0 Å². The number of methoxy groups -OCH3 is 1. The molecule has 2 atom stereocenters. The van der Waals surface area contributed by atoms with E-state index in [9.17, 15) is 9.50 Å². The quantitative estimate of drug-likeness (QED) is 0.759. The SMILES string of the molecule is COCCC(C)(O)CNC(C)Cc1ccc(F)cc1. The molecule has 0 amide bonds. The first kappa shape index (κ1) is 16.1. The summed E-state index contributed by atoms with van der Waals surface area (Å²) in [5.74, 6) is -0.216. The Morgan fingerprint density at radius 3 is 2.58 bits per heavy atom. The molecule has 0 saturated carbocycles. The van der Waals surface area contributed by atoms with Crippen molar-refractivity contribution in [2.75, 3.05) is 20.3 Å². The maximum absolute atomic E-state index is 12.8. The molecule has 1 rings (SSSR count). The molecule has 19 heavy (non-hydrogen) atoms. The van der Waals surface area contributed by atoms with Gasteiger partial charge in [0.05, 0.1) is 5.60 Å². The van der Waals surface area contributed by atoms with Crippen molar-refractivity contribution in [3.8, 4) is 0 Å². The van der Waals surface area contributed by atoms with E-state index in [1.807, 2.05) is 0 Å². The predicted molar refractivity (Wildman–Crippen MR) is 74.7 cm³/mol. The highest BCUT2D eigenvalue weighted by atomic mass is 19.1. The Bertz CT molecular complexity index is 365. The van der Waals surface area contributed by atoms with Gasteiger partial charge in [0.2, 0.25) is 0 Å². The van der Waals surface area contributed by atoms with E-state index in [1.54, 1.807) is 26.2 Å². The Morgan fingerprint density at radius 2 is 2.00 bits per heavy atom. The Kier molecular flexibility index (Phi) is 6.42. The third-order valence-electron chi connectivity index (χ3n) is 3.13. The van der Waals surface area contributed by atoms with Crippen LogP contribution in [0.15, 0.2) is 24.3 Å². The number of halogens is 1. The summed E-state index contributed by atoms with van der Waals surface area (Å²) in [4.78, 5) is 0. The van der Waals surface area contributed by atoms with Gasteiger partial charge in [-0.1, -0.05) is 12.1 Å². The van der Waals surface area contributed by atoms with Gasteiger partial charge in [-0.25, -0.2) is 4.39 Å². The molecule has 1 aromatic rings. The van der Waals surface area contributed by atoms with E-state index in [-0.39, 0.29) is 11.9 Å². The largest absolute Gasteiger partial charge is 0.389 e. The normalized spacial score (nSPS) is 16.1. The highest BCUT2D eigenvalue weighted by molar-refractivity contribution is 5.17. The molecule has 2 N–H and O–H groups in total. The fraction of sp³-hybridized carbons (Fsp3) is 0.600. The number of rotatable bonds is 8. The number of benzene rings is 1. The van der Waals surface area contributed by atoms with Crippen LogP contribution in [0.1, 0.15) is 25.8 Å². The van der Waals surface area contributed by atoms with Crippen LogP contribution in [0, 0.1) is 5.82 Å². The van der Waals surface area contributed by atoms with Crippen LogP contribution in [0.5, 0.6) is 0 Å². The lowest BCUT2D eigenvalue weighted by atomic mass is 10.0. The van der Waals surface area contributed by atoms with Crippen molar-refractivity contribution in [3.05, 3.63) is 35.6 Å². The third-order valence-corrected chi connectivity index (χ3v) is 3.13. The van der Waals surface area contributed by atoms with Crippen molar-refractivity contribution in [2.24, 2.45) is 0 Å². The van der Waals surface area contributed by atoms with E-state index < -0.39 is 5.60 Å². The third kappa shape index (κ3) is 6.66. The standard InChI is InChI=1S/C15H24FNO2/c1-12(10-13-4-6-14(16)7-5-13)17-11-15(2,18)8-9-19-3/h4-7,12,17-18H,8-11H2,1-3H3. The Morgan fingerprint density at radius 1 is 1.37 bits per heavy atom. The molecular weight excluding hydrogens is 245 g/mol. The number of ether oxygens (including phenoxy) is 1. The Labute approximate surface area is 114 Å². The van der Waals surface area contributed by atoms with E-state index in [0.717, 1.165) is 12.0 Å². The molecule has 0 aromatic heterocycles. The number of hydrogen-bond donors (Lipinski definition) is 2. The van der Waals surface area contributed by atoms with Crippen LogP contribution in [0.3, 0.4) is 0 Å². The maximum Gasteiger partial charge on any atom is 0.123 e. The number of hydrogen-bond acceptors (Lipinski definition) is 3. The van der Waals surface area contributed by atoms with Crippen LogP contribution in [-0.2, 0) is 11.2 Å². The second-order valence-corrected chi connectivity index (χ2v) is 5.35. The summed E-state index contributed by atoms with van der Waals surface area (Å²) in [5.41, 5.74) is 0.311. The van der Waals surface area contributed by atoms with E-state index in [0.29, 0.717) is 19.6 Å². The van der Waals surface area contributed by atoms with Gasteiger partial charge in [-0.2, -0.15) is 0 Å². The lowest BCUT2D eigenvalue weighted by molar-refractivity contribution is 0.0231. The van der Waals surface area contributed by atoms with E-state index in [2.05, 4.69) is 12.2 Å². The van der Waals surface area contributed by atoms with E-state index in [1.165, 1.54) is 12.1 Å². The molecule has 0 aliphatic carbocycles. The van der Waals surface area contributed by atoms with Gasteiger partial charge in [-0.15, -0.1) is 0 Å². The van der Waals surface area contributed by atoms with Crippen LogP contribution in [-0.4, -0.2) is 37.0 Å². The lowest BCUT2D eigenvalue weighted by Gasteiger charge is -2.25. The van der Waals surface area contributed by atoms with Crippen molar-refractivity contribution < 1.29 is 14.2 Å². The van der Waals surface area contributed by atoms with E-state index >= 15 is 0 Å². The molecule has 0 aliphatic rings. The second-order valence-electron chi connectivity index (χ2n) is 5.35. The molecular formula is C15H24FNO2. The first-order valence-corrected chi connectivity index (χ1v) is 6.62. The zero-order chi connectivity index (χ0) is 14.3. The summed E-state index contributed by atoms with van der Waals surface area (Å²) in [6, 6.07) is 6.74. The zero-order valence-corrected chi connectivity index (χ0v) is 11.9. The Hall–Kier alpha value is -0.970. The summed E-state index contributed by atoms with van der Waals surface area (Å²) in [6.45, 7) is 4.90. The smallest absolute Gasteiger partial charge is 0.123 e. The maximum atomic E-state index is 12.8. The van der Waals surface area contributed by atoms with E-state index in [4.69, 9.17) is 4.74 Å². The molecule has 4 heteroatoms. The molecule has 108 valence electrons. The van der Waals surface area contributed by atoms with Gasteiger partial charge in [0.25, 0.3) is 0 Å². The molecule has 0 spiro atoms. The van der Waals surface area contributed by atoms with Gasteiger partial charge in [0, 0.05) is 32.7 Å². The zero-order valence-electron chi connectivity index (χ0n) is 11.9. The van der Waals surface area contributed by atoms with Crippen molar-refractivity contribution in [1.29, 1.82) is 0 Å². The van der Waals surface area contributed by atoms with Crippen molar-refractivity contribution in [2.45, 2.75) is 38.3 Å². The minimum absolute atomic E-state index is 0.216. The Balaban J connectivity index is 2.34. The molecule has 1 aromatic carbocycles. The van der Waals surface area contributed by atoms with Gasteiger partial charge in [-0.3, -0.25) is 0 Å². The topological polar surface area (TPSA) is 41.5 Å². The molecule has 3 nitrogen and oxygen atoms in total. The number of nitrogens with one attached hydrogen (secondary N) is 1. The second kappa shape index (κ2) is 7.58. The molecule has 0 radical (unpaired) electrons. The first-order valence-electron chi connectivity index (χ1n) is 6.62. The van der Waals surface area contributed by atoms with Crippen LogP contribution in [0.4, 0.5) is 4.39 Å². The summed E-state index contributed by atoms with van der Waals surface area (Å²) < 4.78 is 17.8. The first-order chi connectivity index (χ1) is 8.93. The van der Waals surface area contributed by atoms with Crippen molar-refractivity contribution >= 4 is 0 Å². The molecule has 0 aliphatic heterocycles. The van der Waals surface area contributed by atoms with Crippen LogP contribution < -0.4 is 5.32 Å². The van der Waals surface area contributed by atoms with Crippen molar-refractivity contribution in [1.82, 2.24) is 5.32 Å². The van der Waals surface area contributed by atoms with Gasteiger partial charge in [0.1, 0.15) is 5.82 Å². The molecule has 0 saturated heterocycles. The van der Waals surface area contributed by atoms with Crippen LogP contribution >= 0.6 is 0 Å². The van der Waals surface area contributed by atoms with Crippen LogP contribution in [0.25, 0.3) is 0 Å². The van der Waals surface area contributed by atoms with Gasteiger partial charge in [-0.05, 0) is 38.0 Å². The average Bonchev–Trinajstić information content (AvgIpc) is 2.37. The summed E-state index contributed by atoms with van der Waals surface area (Å²) in [7, 11) is 1.63. The molecule has 0 bridgehead atoms. The number of aliphatic hydroxyl groups is 1. The highest BCUT2D eigenvalue weighted by Crippen LogP contribution is 2.10. The molecule has 2 unspecified atom stereocenters. The molecule has 0 fully saturated rings. The predicted octanol–water partition coefficient (Wildman–Crippen LogP) is 2.13. The van der Waals surface area contributed by atoms with Gasteiger partial charge < -0.3 is 15.2 Å². The fourth-order valence-electron chi connectivity index (χ4n) is 1.85. The minimum atomic E-state index is -0.771. The lowest BCUT2D eigenvalue weighted by Crippen LogP contribution is -2.42. The fourth-order valence-corrected chi connectivity index (χ4v) is 1.85. The average molecular weight is 269 g/mol. The molecule has 0 heterocycles. The monoisotopic (exact) mass is 269 g/mol. The van der Waals surface area contributed by atoms with Gasteiger partial charge >= 0.3 is 0 Å². The highest BCUT2D eigenvalue weighted by Gasteiger charge is 2.20. The summed E-state index contributed by atoms with van der Waals surface area (Å²) in [6.07, 6.45) is 1.40. The minimum Gasteiger partial charge on any atom is -0.389 e.